The summed E-state index contributed by atoms with van der Waals surface area (Å²) in [7, 11) is 0. The summed E-state index contributed by atoms with van der Waals surface area (Å²) in [4.78, 5) is 14.9. The Hall–Kier alpha value is -1.86. The maximum absolute atomic E-state index is 12.6. The minimum absolute atomic E-state index is 0.127. The molecule has 0 bridgehead atoms. The Kier molecular flexibility index (Phi) is 6.32. The highest BCUT2D eigenvalue weighted by Crippen LogP contribution is 2.27. The van der Waals surface area contributed by atoms with E-state index in [0.717, 1.165) is 62.2 Å². The summed E-state index contributed by atoms with van der Waals surface area (Å²) < 4.78 is 8.01. The van der Waals surface area contributed by atoms with E-state index >= 15 is 0 Å². The molecule has 150 valence electrons. The largest absolute Gasteiger partial charge is 0.376 e. The standard InChI is InChI=1S/C21H28N4O2S/c1-2-16-7-9-17(10-8-16)19(26)15-28-21-23-22-20(24-11-3-4-12-24)25(21)14-18-6-5-13-27-18/h7-10,18H,2-6,11-15H2,1H3/t18-/m1/s1. The van der Waals surface area contributed by atoms with Crippen molar-refractivity contribution in [1.29, 1.82) is 0 Å². The Bertz CT molecular complexity index is 793. The minimum atomic E-state index is 0.127. The number of nitrogens with zero attached hydrogens (tertiary/aromatic N) is 4. The molecule has 2 aliphatic rings. The first-order valence-corrected chi connectivity index (χ1v) is 11.3. The first kappa shape index (κ1) is 19.5. The second-order valence-electron chi connectivity index (χ2n) is 7.48. The van der Waals surface area contributed by atoms with Gasteiger partial charge in [0.1, 0.15) is 0 Å². The number of anilines is 1. The maximum Gasteiger partial charge on any atom is 0.228 e. The third-order valence-corrected chi connectivity index (χ3v) is 6.48. The van der Waals surface area contributed by atoms with Crippen LogP contribution in [0.2, 0.25) is 0 Å². The first-order chi connectivity index (χ1) is 13.7. The van der Waals surface area contributed by atoms with Gasteiger partial charge in [0.05, 0.1) is 18.4 Å². The van der Waals surface area contributed by atoms with Crippen LogP contribution in [0.1, 0.15) is 48.5 Å². The summed E-state index contributed by atoms with van der Waals surface area (Å²) in [5.41, 5.74) is 2.01. The lowest BCUT2D eigenvalue weighted by Crippen LogP contribution is -2.25. The number of benzene rings is 1. The number of ketones is 1. The molecule has 2 aliphatic heterocycles. The van der Waals surface area contributed by atoms with E-state index < -0.39 is 0 Å². The lowest BCUT2D eigenvalue weighted by atomic mass is 10.1. The van der Waals surface area contributed by atoms with Gasteiger partial charge in [-0.3, -0.25) is 9.36 Å². The van der Waals surface area contributed by atoms with E-state index in [9.17, 15) is 4.79 Å². The fourth-order valence-electron chi connectivity index (χ4n) is 3.83. The van der Waals surface area contributed by atoms with Crippen LogP contribution in [0.5, 0.6) is 0 Å². The van der Waals surface area contributed by atoms with Gasteiger partial charge in [-0.25, -0.2) is 0 Å². The zero-order valence-electron chi connectivity index (χ0n) is 16.5. The Morgan fingerprint density at radius 2 is 1.96 bits per heavy atom. The van der Waals surface area contributed by atoms with E-state index in [4.69, 9.17) is 4.74 Å². The summed E-state index contributed by atoms with van der Waals surface area (Å²) in [6.45, 7) is 5.76. The molecule has 0 amide bonds. The van der Waals surface area contributed by atoms with Gasteiger partial charge in [0.15, 0.2) is 10.9 Å². The number of thioether (sulfide) groups is 1. The molecule has 0 saturated carbocycles. The molecule has 0 spiro atoms. The van der Waals surface area contributed by atoms with Crippen molar-refractivity contribution >= 4 is 23.5 Å². The summed E-state index contributed by atoms with van der Waals surface area (Å²) in [5, 5.41) is 9.70. The van der Waals surface area contributed by atoms with Crippen molar-refractivity contribution in [2.24, 2.45) is 0 Å². The molecule has 0 unspecified atom stereocenters. The topological polar surface area (TPSA) is 60.2 Å². The van der Waals surface area contributed by atoms with Crippen LogP contribution in [-0.2, 0) is 17.7 Å². The number of carbonyl (C=O) groups excluding carboxylic acids is 1. The van der Waals surface area contributed by atoms with Crippen molar-refractivity contribution < 1.29 is 9.53 Å². The Balaban J connectivity index is 1.47. The lowest BCUT2D eigenvalue weighted by Gasteiger charge is -2.20. The van der Waals surface area contributed by atoms with Crippen LogP contribution < -0.4 is 4.90 Å². The molecule has 1 atom stereocenters. The van der Waals surface area contributed by atoms with Crippen LogP contribution in [0.3, 0.4) is 0 Å². The fourth-order valence-corrected chi connectivity index (χ4v) is 4.67. The number of hydrogen-bond acceptors (Lipinski definition) is 6. The average molecular weight is 401 g/mol. The molecule has 2 aromatic rings. The molecule has 0 N–H and O–H groups in total. The SMILES string of the molecule is CCc1ccc(C(=O)CSc2nnc(N3CCCC3)n2C[C@H]2CCCO2)cc1. The summed E-state index contributed by atoms with van der Waals surface area (Å²) in [6, 6.07) is 7.91. The number of ether oxygens (including phenoxy) is 1. The molecule has 28 heavy (non-hydrogen) atoms. The van der Waals surface area contributed by atoms with Gasteiger partial charge in [-0.05, 0) is 37.7 Å². The van der Waals surface area contributed by atoms with E-state index in [1.807, 2.05) is 24.3 Å². The average Bonchev–Trinajstić information content (AvgIpc) is 3.49. The number of aromatic nitrogens is 3. The number of carbonyl (C=O) groups is 1. The van der Waals surface area contributed by atoms with Gasteiger partial charge in [-0.1, -0.05) is 43.0 Å². The molecular formula is C21H28N4O2S. The van der Waals surface area contributed by atoms with Gasteiger partial charge in [0, 0.05) is 25.3 Å². The van der Waals surface area contributed by atoms with Crippen molar-refractivity contribution in [2.75, 3.05) is 30.3 Å². The smallest absolute Gasteiger partial charge is 0.228 e. The summed E-state index contributed by atoms with van der Waals surface area (Å²) in [6.07, 6.45) is 5.78. The number of aryl methyl sites for hydroxylation is 1. The van der Waals surface area contributed by atoms with Crippen LogP contribution in [0.25, 0.3) is 0 Å². The van der Waals surface area contributed by atoms with Crippen LogP contribution in [0, 0.1) is 0 Å². The van der Waals surface area contributed by atoms with Crippen LogP contribution in [0.4, 0.5) is 5.95 Å². The monoisotopic (exact) mass is 400 g/mol. The quantitative estimate of drug-likeness (QED) is 0.498. The van der Waals surface area contributed by atoms with Gasteiger partial charge in [0.25, 0.3) is 0 Å². The lowest BCUT2D eigenvalue weighted by molar-refractivity contribution is 0.0952. The predicted molar refractivity (Wildman–Crippen MR) is 111 cm³/mol. The third-order valence-electron chi connectivity index (χ3n) is 5.51. The predicted octanol–water partition coefficient (Wildman–Crippen LogP) is 3.59. The van der Waals surface area contributed by atoms with E-state index in [0.29, 0.717) is 5.75 Å². The highest BCUT2D eigenvalue weighted by atomic mass is 32.2. The van der Waals surface area contributed by atoms with Gasteiger partial charge < -0.3 is 9.64 Å². The second-order valence-corrected chi connectivity index (χ2v) is 8.43. The van der Waals surface area contributed by atoms with Crippen LogP contribution in [-0.4, -0.2) is 52.1 Å². The normalized spacial score (nSPS) is 19.5. The first-order valence-electron chi connectivity index (χ1n) is 10.3. The van der Waals surface area contributed by atoms with Gasteiger partial charge >= 0.3 is 0 Å². The number of rotatable bonds is 8. The van der Waals surface area contributed by atoms with Crippen molar-refractivity contribution in [1.82, 2.24) is 14.8 Å². The van der Waals surface area contributed by atoms with Crippen LogP contribution in [0.15, 0.2) is 29.4 Å². The molecule has 0 aliphatic carbocycles. The molecule has 1 aromatic carbocycles. The van der Waals surface area contributed by atoms with E-state index in [-0.39, 0.29) is 11.9 Å². The molecule has 2 saturated heterocycles. The Morgan fingerprint density at radius 3 is 2.64 bits per heavy atom. The molecule has 7 heteroatoms. The van der Waals surface area contributed by atoms with Gasteiger partial charge in [-0.2, -0.15) is 0 Å². The second kappa shape index (κ2) is 9.09. The molecule has 0 radical (unpaired) electrons. The highest BCUT2D eigenvalue weighted by molar-refractivity contribution is 7.99. The molecule has 1 aromatic heterocycles. The van der Waals surface area contributed by atoms with E-state index in [1.54, 1.807) is 0 Å². The molecule has 2 fully saturated rings. The number of hydrogen-bond donors (Lipinski definition) is 0. The van der Waals surface area contributed by atoms with Crippen LogP contribution >= 0.6 is 11.8 Å². The molecule has 6 nitrogen and oxygen atoms in total. The number of Topliss-reactive ketones (excluding diaryl/α,β-unsaturated/α-hetero) is 1. The van der Waals surface area contributed by atoms with Gasteiger partial charge in [0.2, 0.25) is 5.95 Å². The zero-order chi connectivity index (χ0) is 19.3. The van der Waals surface area contributed by atoms with E-state index in [2.05, 4.69) is 26.6 Å². The summed E-state index contributed by atoms with van der Waals surface area (Å²) >= 11 is 1.48. The maximum atomic E-state index is 12.6. The van der Waals surface area contributed by atoms with E-state index in [1.165, 1.54) is 30.2 Å². The molecule has 4 rings (SSSR count). The summed E-state index contributed by atoms with van der Waals surface area (Å²) in [5.74, 6) is 1.42. The molecular weight excluding hydrogens is 372 g/mol. The Morgan fingerprint density at radius 1 is 1.18 bits per heavy atom. The molecule has 3 heterocycles. The zero-order valence-corrected chi connectivity index (χ0v) is 17.3. The van der Waals surface area contributed by atoms with Gasteiger partial charge in [-0.15, -0.1) is 10.2 Å². The van der Waals surface area contributed by atoms with Crippen molar-refractivity contribution in [3.8, 4) is 0 Å². The van der Waals surface area contributed by atoms with Crippen molar-refractivity contribution in [3.63, 3.8) is 0 Å². The minimum Gasteiger partial charge on any atom is -0.376 e. The fraction of sp³-hybridized carbons (Fsp3) is 0.571. The van der Waals surface area contributed by atoms with Crippen molar-refractivity contribution in [3.05, 3.63) is 35.4 Å². The highest BCUT2D eigenvalue weighted by Gasteiger charge is 2.25. The Labute approximate surface area is 170 Å². The third kappa shape index (κ3) is 4.41. The van der Waals surface area contributed by atoms with Crippen molar-refractivity contribution in [2.45, 2.75) is 56.8 Å².